The van der Waals surface area contributed by atoms with E-state index < -0.39 is 5.97 Å². The van der Waals surface area contributed by atoms with Gasteiger partial charge >= 0.3 is 5.97 Å². The Morgan fingerprint density at radius 1 is 1.15 bits per heavy atom. The van der Waals surface area contributed by atoms with Crippen LogP contribution in [-0.4, -0.2) is 29.6 Å². The van der Waals surface area contributed by atoms with E-state index in [2.05, 4.69) is 26.1 Å². The number of aliphatic carboxylic acids is 1. The number of amides is 1. The van der Waals surface area contributed by atoms with Crippen molar-refractivity contribution in [2.45, 2.75) is 65.8 Å². The second kappa shape index (κ2) is 8.95. The standard InChI is InChI=1S/C15H30N2O3/c1-11(16)5-7-13(18)17-10-9-12(15(2,3)4)6-8-14(19)20/h11-12H,5-10,16H2,1-4H3,(H,17,18)(H,19,20). The van der Waals surface area contributed by atoms with E-state index in [1.165, 1.54) is 0 Å². The number of rotatable bonds is 9. The molecule has 2 atom stereocenters. The number of carbonyl (C=O) groups is 2. The number of nitrogens with two attached hydrogens (primary N) is 1. The maximum atomic E-state index is 11.6. The van der Waals surface area contributed by atoms with E-state index in [1.54, 1.807) is 0 Å². The van der Waals surface area contributed by atoms with E-state index in [-0.39, 0.29) is 29.7 Å². The van der Waals surface area contributed by atoms with Crippen LogP contribution in [0.1, 0.15) is 59.8 Å². The van der Waals surface area contributed by atoms with Crippen molar-refractivity contribution in [3.05, 3.63) is 0 Å². The van der Waals surface area contributed by atoms with Crippen LogP contribution in [0.2, 0.25) is 0 Å². The molecule has 0 fully saturated rings. The molecule has 0 radical (unpaired) electrons. The molecule has 0 heterocycles. The van der Waals surface area contributed by atoms with Crippen molar-refractivity contribution in [1.82, 2.24) is 5.32 Å². The molecule has 0 aliphatic heterocycles. The van der Waals surface area contributed by atoms with Gasteiger partial charge in [-0.1, -0.05) is 20.8 Å². The van der Waals surface area contributed by atoms with E-state index in [1.807, 2.05) is 6.92 Å². The lowest BCUT2D eigenvalue weighted by Gasteiger charge is -2.30. The van der Waals surface area contributed by atoms with Crippen LogP contribution in [0.25, 0.3) is 0 Å². The van der Waals surface area contributed by atoms with E-state index >= 15 is 0 Å². The molecule has 0 saturated heterocycles. The van der Waals surface area contributed by atoms with Crippen molar-refractivity contribution in [3.63, 3.8) is 0 Å². The molecule has 118 valence electrons. The van der Waals surface area contributed by atoms with Gasteiger partial charge in [-0.2, -0.15) is 0 Å². The van der Waals surface area contributed by atoms with Crippen molar-refractivity contribution in [2.75, 3.05) is 6.54 Å². The molecule has 5 heteroatoms. The van der Waals surface area contributed by atoms with E-state index in [0.717, 1.165) is 6.42 Å². The Kier molecular flexibility index (Phi) is 8.46. The lowest BCUT2D eigenvalue weighted by Crippen LogP contribution is -2.30. The molecular formula is C15H30N2O3. The molecule has 4 N–H and O–H groups in total. The highest BCUT2D eigenvalue weighted by atomic mass is 16.4. The van der Waals surface area contributed by atoms with Crippen molar-refractivity contribution in [1.29, 1.82) is 0 Å². The number of carboxylic acid groups (broad SMARTS) is 1. The summed E-state index contributed by atoms with van der Waals surface area (Å²) >= 11 is 0. The van der Waals surface area contributed by atoms with Gasteiger partial charge in [0.25, 0.3) is 0 Å². The maximum absolute atomic E-state index is 11.6. The van der Waals surface area contributed by atoms with Crippen molar-refractivity contribution in [2.24, 2.45) is 17.1 Å². The zero-order chi connectivity index (χ0) is 15.8. The zero-order valence-electron chi connectivity index (χ0n) is 13.2. The highest BCUT2D eigenvalue weighted by Gasteiger charge is 2.24. The Hall–Kier alpha value is -1.10. The van der Waals surface area contributed by atoms with Crippen LogP contribution in [0, 0.1) is 11.3 Å². The number of carbonyl (C=O) groups excluding carboxylic acids is 1. The van der Waals surface area contributed by atoms with Gasteiger partial charge in [0.15, 0.2) is 0 Å². The molecule has 20 heavy (non-hydrogen) atoms. The predicted octanol–water partition coefficient (Wildman–Crippen LogP) is 2.15. The molecule has 1 amide bonds. The smallest absolute Gasteiger partial charge is 0.303 e. The van der Waals surface area contributed by atoms with Crippen LogP contribution in [0.4, 0.5) is 0 Å². The monoisotopic (exact) mass is 286 g/mol. The molecule has 0 bridgehead atoms. The summed E-state index contributed by atoms with van der Waals surface area (Å²) in [6.07, 6.45) is 2.77. The van der Waals surface area contributed by atoms with E-state index in [4.69, 9.17) is 10.8 Å². The molecule has 0 rings (SSSR count). The summed E-state index contributed by atoms with van der Waals surface area (Å²) in [6.45, 7) is 8.81. The second-order valence-electron chi connectivity index (χ2n) is 6.65. The number of hydrogen-bond acceptors (Lipinski definition) is 3. The summed E-state index contributed by atoms with van der Waals surface area (Å²) in [4.78, 5) is 22.3. The van der Waals surface area contributed by atoms with Gasteiger partial charge in [-0.15, -0.1) is 0 Å². The highest BCUT2D eigenvalue weighted by molar-refractivity contribution is 5.75. The lowest BCUT2D eigenvalue weighted by atomic mass is 9.76. The normalized spacial score (nSPS) is 14.7. The SMILES string of the molecule is CC(N)CCC(=O)NCCC(CCC(=O)O)C(C)(C)C. The fourth-order valence-electron chi connectivity index (χ4n) is 2.14. The summed E-state index contributed by atoms with van der Waals surface area (Å²) in [6, 6.07) is 0.0404. The number of carboxylic acids is 1. The second-order valence-corrected chi connectivity index (χ2v) is 6.65. The summed E-state index contributed by atoms with van der Waals surface area (Å²) < 4.78 is 0. The first kappa shape index (κ1) is 18.9. The van der Waals surface area contributed by atoms with Gasteiger partial charge in [0.1, 0.15) is 0 Å². The molecule has 2 unspecified atom stereocenters. The Balaban J connectivity index is 4.07. The number of hydrogen-bond donors (Lipinski definition) is 3. The molecule has 0 aromatic heterocycles. The fourth-order valence-corrected chi connectivity index (χ4v) is 2.14. The lowest BCUT2D eigenvalue weighted by molar-refractivity contribution is -0.137. The minimum Gasteiger partial charge on any atom is -0.481 e. The Morgan fingerprint density at radius 2 is 1.75 bits per heavy atom. The quantitative estimate of drug-likeness (QED) is 0.605. The van der Waals surface area contributed by atoms with Gasteiger partial charge in [-0.3, -0.25) is 9.59 Å². The minimum atomic E-state index is -0.764. The Bertz CT molecular complexity index is 309. The first-order chi connectivity index (χ1) is 9.12. The average molecular weight is 286 g/mol. The molecule has 0 spiro atoms. The van der Waals surface area contributed by atoms with Crippen molar-refractivity contribution in [3.8, 4) is 0 Å². The molecule has 0 saturated carbocycles. The average Bonchev–Trinajstić information content (AvgIpc) is 2.28. The molecule has 5 nitrogen and oxygen atoms in total. The van der Waals surface area contributed by atoms with Crippen LogP contribution in [-0.2, 0) is 9.59 Å². The third-order valence-corrected chi connectivity index (χ3v) is 3.57. The molecule has 0 aliphatic carbocycles. The predicted molar refractivity (Wildman–Crippen MR) is 80.3 cm³/mol. The Labute approximate surface area is 122 Å². The first-order valence-electron chi connectivity index (χ1n) is 7.37. The van der Waals surface area contributed by atoms with Crippen LogP contribution in [0.15, 0.2) is 0 Å². The first-order valence-corrected chi connectivity index (χ1v) is 7.37. The van der Waals surface area contributed by atoms with Gasteiger partial charge in [-0.25, -0.2) is 0 Å². The Morgan fingerprint density at radius 3 is 2.20 bits per heavy atom. The maximum Gasteiger partial charge on any atom is 0.303 e. The topological polar surface area (TPSA) is 92.4 Å². The fraction of sp³-hybridized carbons (Fsp3) is 0.867. The summed E-state index contributed by atoms with van der Waals surface area (Å²) in [5.41, 5.74) is 5.65. The molecular weight excluding hydrogens is 256 g/mol. The summed E-state index contributed by atoms with van der Waals surface area (Å²) in [5.74, 6) is -0.458. The largest absolute Gasteiger partial charge is 0.481 e. The summed E-state index contributed by atoms with van der Waals surface area (Å²) in [7, 11) is 0. The van der Waals surface area contributed by atoms with Crippen LogP contribution >= 0.6 is 0 Å². The van der Waals surface area contributed by atoms with Gasteiger partial charge in [0.05, 0.1) is 0 Å². The van der Waals surface area contributed by atoms with Crippen molar-refractivity contribution < 1.29 is 14.7 Å². The van der Waals surface area contributed by atoms with E-state index in [0.29, 0.717) is 25.8 Å². The molecule has 0 aliphatic rings. The number of nitrogens with one attached hydrogen (secondary N) is 1. The van der Waals surface area contributed by atoms with Crippen LogP contribution < -0.4 is 11.1 Å². The molecule has 0 aromatic carbocycles. The third-order valence-electron chi connectivity index (χ3n) is 3.57. The van der Waals surface area contributed by atoms with Crippen LogP contribution in [0.3, 0.4) is 0 Å². The van der Waals surface area contributed by atoms with E-state index in [9.17, 15) is 9.59 Å². The van der Waals surface area contributed by atoms with Crippen molar-refractivity contribution >= 4 is 11.9 Å². The highest BCUT2D eigenvalue weighted by Crippen LogP contribution is 2.32. The third kappa shape index (κ3) is 9.78. The summed E-state index contributed by atoms with van der Waals surface area (Å²) in [5, 5.41) is 11.7. The minimum absolute atomic E-state index is 0.0215. The van der Waals surface area contributed by atoms with Gasteiger partial charge < -0.3 is 16.2 Å². The van der Waals surface area contributed by atoms with Gasteiger partial charge in [-0.05, 0) is 37.5 Å². The van der Waals surface area contributed by atoms with Crippen LogP contribution in [0.5, 0.6) is 0 Å². The van der Waals surface area contributed by atoms with Gasteiger partial charge in [0, 0.05) is 25.4 Å². The molecule has 0 aromatic rings. The van der Waals surface area contributed by atoms with Gasteiger partial charge in [0.2, 0.25) is 5.91 Å². The zero-order valence-corrected chi connectivity index (χ0v) is 13.2.